The van der Waals surface area contributed by atoms with E-state index >= 15 is 0 Å². The van der Waals surface area contributed by atoms with Crippen LogP contribution in [0.2, 0.25) is 0 Å². The van der Waals surface area contributed by atoms with Crippen LogP contribution in [0.4, 0.5) is 13.2 Å². The Morgan fingerprint density at radius 2 is 1.59 bits per heavy atom. The molecule has 10 heteroatoms. The molecule has 0 radical (unpaired) electrons. The Hall–Kier alpha value is -2.04. The summed E-state index contributed by atoms with van der Waals surface area (Å²) >= 11 is 1.47. The molecular weight excluding hydrogens is 525 g/mol. The van der Waals surface area contributed by atoms with Gasteiger partial charge in [-0.15, -0.1) is 0 Å². The minimum Gasteiger partial charge on any atom is -0.456 e. The van der Waals surface area contributed by atoms with Gasteiger partial charge in [-0.25, -0.2) is 4.18 Å². The highest BCUT2D eigenvalue weighted by molar-refractivity contribution is 7.99. The lowest BCUT2D eigenvalue weighted by Crippen LogP contribution is -2.53. The number of Topliss-reactive ketones (excluding diaryl/α,β-unsaturated/α-hetero) is 1. The molecule has 4 bridgehead atoms. The Kier molecular flexibility index (Phi) is 7.13. The second kappa shape index (κ2) is 9.93. The summed E-state index contributed by atoms with van der Waals surface area (Å²) in [5, 5.41) is 0. The van der Waals surface area contributed by atoms with Gasteiger partial charge < -0.3 is 4.74 Å². The summed E-state index contributed by atoms with van der Waals surface area (Å²) in [6, 6.07) is 15.9. The molecule has 4 atom stereocenters. The van der Waals surface area contributed by atoms with Gasteiger partial charge in [0.1, 0.15) is 5.75 Å². The van der Waals surface area contributed by atoms with Crippen LogP contribution < -0.4 is 4.74 Å². The second-order valence-corrected chi connectivity index (χ2v) is 13.4. The third-order valence-electron chi connectivity index (χ3n) is 8.33. The van der Waals surface area contributed by atoms with E-state index in [1.807, 2.05) is 30.3 Å². The minimum absolute atomic E-state index is 0.0479. The first-order valence-corrected chi connectivity index (χ1v) is 14.7. The molecule has 2 aromatic rings. The van der Waals surface area contributed by atoms with Gasteiger partial charge in [-0.3, -0.25) is 4.79 Å². The maximum absolute atomic E-state index is 13.4. The zero-order valence-electron chi connectivity index (χ0n) is 20.3. The molecule has 0 aromatic heterocycles. The SMILES string of the molecule is CC1C2CC3CC(C2)CC1(CC(=O)C(Oc1ccc(Sc2ccccc2)cc1)OS(=O)(=O)C(F)(F)F)C3. The van der Waals surface area contributed by atoms with Crippen molar-refractivity contribution in [3.05, 3.63) is 54.6 Å². The summed E-state index contributed by atoms with van der Waals surface area (Å²) < 4.78 is 73.1. The van der Waals surface area contributed by atoms with E-state index in [1.165, 1.54) is 23.9 Å². The summed E-state index contributed by atoms with van der Waals surface area (Å²) in [6.07, 6.45) is 2.77. The first kappa shape index (κ1) is 26.6. The summed E-state index contributed by atoms with van der Waals surface area (Å²) in [6.45, 7) is 2.11. The topological polar surface area (TPSA) is 69.7 Å². The van der Waals surface area contributed by atoms with Crippen LogP contribution in [-0.4, -0.2) is 26.0 Å². The Labute approximate surface area is 219 Å². The minimum atomic E-state index is -6.04. The van der Waals surface area contributed by atoms with Crippen LogP contribution in [-0.2, 0) is 19.1 Å². The van der Waals surface area contributed by atoms with Gasteiger partial charge in [-0.2, -0.15) is 21.6 Å². The van der Waals surface area contributed by atoms with Gasteiger partial charge >= 0.3 is 15.6 Å². The fraction of sp³-hybridized carbons (Fsp3) is 0.519. The van der Waals surface area contributed by atoms with Crippen LogP contribution in [0.15, 0.2) is 64.4 Å². The molecule has 0 amide bonds. The maximum Gasteiger partial charge on any atom is 0.523 e. The fourth-order valence-corrected chi connectivity index (χ4v) is 8.17. The standard InChI is InChI=1S/C27H29F3O5S2/c1-17-20-12-18-11-19(13-20)15-26(17,14-18)16-24(31)25(35-37(32,33)27(28,29)30)34-21-7-9-23(10-8-21)36-22-5-3-2-4-6-22/h2-10,17-20,25H,11-16H2,1H3. The average Bonchev–Trinajstić information content (AvgIpc) is 2.82. The number of hydrogen-bond donors (Lipinski definition) is 0. The average molecular weight is 555 g/mol. The maximum atomic E-state index is 13.4. The van der Waals surface area contributed by atoms with E-state index in [-0.39, 0.29) is 23.5 Å². The largest absolute Gasteiger partial charge is 0.523 e. The predicted molar refractivity (Wildman–Crippen MR) is 132 cm³/mol. The Morgan fingerprint density at radius 3 is 2.19 bits per heavy atom. The van der Waals surface area contributed by atoms with Gasteiger partial charge in [0.2, 0.25) is 5.78 Å². The van der Waals surface area contributed by atoms with E-state index in [1.54, 1.807) is 12.1 Å². The van der Waals surface area contributed by atoms with Crippen molar-refractivity contribution in [1.82, 2.24) is 0 Å². The lowest BCUT2D eigenvalue weighted by Gasteiger charge is -2.60. The number of halogens is 3. The monoisotopic (exact) mass is 554 g/mol. The number of hydrogen-bond acceptors (Lipinski definition) is 6. The quantitative estimate of drug-likeness (QED) is 0.192. The van der Waals surface area contributed by atoms with E-state index in [4.69, 9.17) is 4.74 Å². The molecular formula is C27H29F3O5S2. The zero-order valence-corrected chi connectivity index (χ0v) is 22.0. The summed E-state index contributed by atoms with van der Waals surface area (Å²) in [7, 11) is -6.04. The molecule has 4 aliphatic carbocycles. The number of carbonyl (C=O) groups excluding carboxylic acids is 1. The summed E-state index contributed by atoms with van der Waals surface area (Å²) in [5.41, 5.74) is -6.02. The van der Waals surface area contributed by atoms with Crippen LogP contribution in [0.5, 0.6) is 5.75 Å². The zero-order chi connectivity index (χ0) is 26.4. The van der Waals surface area contributed by atoms with E-state index in [0.29, 0.717) is 17.8 Å². The lowest BCUT2D eigenvalue weighted by atomic mass is 9.44. The van der Waals surface area contributed by atoms with Gasteiger partial charge in [-0.1, -0.05) is 36.9 Å². The van der Waals surface area contributed by atoms with E-state index in [2.05, 4.69) is 11.1 Å². The Balaban J connectivity index is 1.35. The smallest absolute Gasteiger partial charge is 0.456 e. The fourth-order valence-electron chi connectivity index (χ4n) is 6.84. The van der Waals surface area contributed by atoms with Gasteiger partial charge in [0.15, 0.2) is 0 Å². The molecule has 4 fully saturated rings. The third-order valence-corrected chi connectivity index (χ3v) is 10.3. The summed E-state index contributed by atoms with van der Waals surface area (Å²) in [5.74, 6) is 1.02. The van der Waals surface area contributed by atoms with Gasteiger partial charge in [0.05, 0.1) is 0 Å². The second-order valence-electron chi connectivity index (χ2n) is 10.7. The van der Waals surface area contributed by atoms with Crippen molar-refractivity contribution in [2.45, 2.75) is 67.0 Å². The number of carbonyl (C=O) groups is 1. The first-order chi connectivity index (χ1) is 17.4. The van der Waals surface area contributed by atoms with Crippen molar-refractivity contribution in [3.63, 3.8) is 0 Å². The number of alkyl halides is 3. The molecule has 37 heavy (non-hydrogen) atoms. The molecule has 0 aliphatic heterocycles. The lowest BCUT2D eigenvalue weighted by molar-refractivity contribution is -0.153. The number of ether oxygens (including phenoxy) is 1. The molecule has 6 rings (SSSR count). The van der Waals surface area contributed by atoms with Crippen LogP contribution in [0.1, 0.15) is 45.4 Å². The first-order valence-electron chi connectivity index (χ1n) is 12.5. The van der Waals surface area contributed by atoms with Gasteiger partial charge in [-0.05, 0) is 97.6 Å². The Morgan fingerprint density at radius 1 is 1.00 bits per heavy atom. The van der Waals surface area contributed by atoms with Crippen LogP contribution in [0, 0.1) is 29.1 Å². The van der Waals surface area contributed by atoms with Crippen molar-refractivity contribution in [2.24, 2.45) is 29.1 Å². The molecule has 2 aromatic carbocycles. The molecule has 0 saturated heterocycles. The van der Waals surface area contributed by atoms with Crippen molar-refractivity contribution in [1.29, 1.82) is 0 Å². The van der Waals surface area contributed by atoms with Crippen LogP contribution >= 0.6 is 11.8 Å². The van der Waals surface area contributed by atoms with E-state index in [0.717, 1.165) is 41.9 Å². The normalized spacial score (nSPS) is 29.7. The molecule has 4 aliphatic rings. The van der Waals surface area contributed by atoms with Gasteiger partial charge in [0.25, 0.3) is 6.29 Å². The van der Waals surface area contributed by atoms with Crippen molar-refractivity contribution in [3.8, 4) is 5.75 Å². The van der Waals surface area contributed by atoms with E-state index < -0.39 is 27.7 Å². The molecule has 0 spiro atoms. The highest BCUT2D eigenvalue weighted by Crippen LogP contribution is 2.64. The van der Waals surface area contributed by atoms with Crippen molar-refractivity contribution in [2.75, 3.05) is 0 Å². The van der Waals surface area contributed by atoms with Gasteiger partial charge in [0, 0.05) is 16.2 Å². The predicted octanol–water partition coefficient (Wildman–Crippen LogP) is 6.83. The van der Waals surface area contributed by atoms with E-state index in [9.17, 15) is 26.4 Å². The third kappa shape index (κ3) is 5.56. The molecule has 4 saturated carbocycles. The molecule has 0 heterocycles. The van der Waals surface area contributed by atoms with Crippen LogP contribution in [0.25, 0.3) is 0 Å². The Bertz CT molecular complexity index is 1220. The molecule has 4 unspecified atom stereocenters. The number of ketones is 1. The van der Waals surface area contributed by atoms with Crippen molar-refractivity contribution >= 4 is 27.7 Å². The molecule has 200 valence electrons. The molecule has 0 N–H and O–H groups in total. The number of benzene rings is 2. The number of rotatable bonds is 9. The highest BCUT2D eigenvalue weighted by atomic mass is 32.2. The van der Waals surface area contributed by atoms with Crippen molar-refractivity contribution < 1.29 is 35.3 Å². The molecule has 5 nitrogen and oxygen atoms in total. The highest BCUT2D eigenvalue weighted by Gasteiger charge is 2.57. The van der Waals surface area contributed by atoms with Crippen LogP contribution in [0.3, 0.4) is 0 Å². The summed E-state index contributed by atoms with van der Waals surface area (Å²) in [4.78, 5) is 15.2.